The predicted octanol–water partition coefficient (Wildman–Crippen LogP) is 4.62. The SMILES string of the molecule is CC(=O)NCCCCCc1nc2ccccc2n1CCOc1ccc(Cl)cc1. The summed E-state index contributed by atoms with van der Waals surface area (Å²) in [7, 11) is 0. The van der Waals surface area contributed by atoms with Crippen LogP contribution in [0.4, 0.5) is 0 Å². The van der Waals surface area contributed by atoms with Crippen LogP contribution in [0.1, 0.15) is 32.0 Å². The van der Waals surface area contributed by atoms with Gasteiger partial charge in [-0.2, -0.15) is 0 Å². The molecule has 1 N–H and O–H groups in total. The number of benzene rings is 2. The highest BCUT2D eigenvalue weighted by Gasteiger charge is 2.10. The number of para-hydroxylation sites is 2. The average molecular weight is 400 g/mol. The maximum absolute atomic E-state index is 10.9. The monoisotopic (exact) mass is 399 g/mol. The minimum Gasteiger partial charge on any atom is -0.492 e. The molecule has 0 aliphatic rings. The van der Waals surface area contributed by atoms with Crippen molar-refractivity contribution in [2.24, 2.45) is 0 Å². The number of ether oxygens (including phenoxy) is 1. The number of aryl methyl sites for hydroxylation is 1. The highest BCUT2D eigenvalue weighted by molar-refractivity contribution is 6.30. The second-order valence-corrected chi connectivity index (χ2v) is 7.20. The number of aromatic nitrogens is 2. The fraction of sp³-hybridized carbons (Fsp3) is 0.364. The summed E-state index contributed by atoms with van der Waals surface area (Å²) in [4.78, 5) is 15.7. The van der Waals surface area contributed by atoms with E-state index in [1.165, 1.54) is 0 Å². The third-order valence-corrected chi connectivity index (χ3v) is 4.83. The fourth-order valence-electron chi connectivity index (χ4n) is 3.20. The van der Waals surface area contributed by atoms with E-state index in [4.69, 9.17) is 21.3 Å². The Labute approximate surface area is 170 Å². The molecular formula is C22H26ClN3O2. The van der Waals surface area contributed by atoms with Crippen LogP contribution in [0.3, 0.4) is 0 Å². The molecular weight excluding hydrogens is 374 g/mol. The maximum atomic E-state index is 10.9. The van der Waals surface area contributed by atoms with Gasteiger partial charge in [-0.3, -0.25) is 4.79 Å². The van der Waals surface area contributed by atoms with Gasteiger partial charge >= 0.3 is 0 Å². The van der Waals surface area contributed by atoms with E-state index in [0.29, 0.717) is 11.6 Å². The molecule has 0 aliphatic carbocycles. The second kappa shape index (κ2) is 10.1. The largest absolute Gasteiger partial charge is 0.492 e. The second-order valence-electron chi connectivity index (χ2n) is 6.76. The Bertz CT molecular complexity index is 906. The number of hydrogen-bond donors (Lipinski definition) is 1. The number of carbonyl (C=O) groups is 1. The van der Waals surface area contributed by atoms with Crippen molar-refractivity contribution < 1.29 is 9.53 Å². The number of unbranched alkanes of at least 4 members (excludes halogenated alkanes) is 2. The van der Waals surface area contributed by atoms with Gasteiger partial charge in [0.1, 0.15) is 18.2 Å². The molecule has 0 saturated heterocycles. The first-order valence-electron chi connectivity index (χ1n) is 9.70. The molecule has 0 unspecified atom stereocenters. The Hall–Kier alpha value is -2.53. The van der Waals surface area contributed by atoms with Crippen LogP contribution in [0.15, 0.2) is 48.5 Å². The molecule has 1 amide bonds. The average Bonchev–Trinajstić information content (AvgIpc) is 3.03. The van der Waals surface area contributed by atoms with Crippen LogP contribution in [0, 0.1) is 0 Å². The molecule has 0 atom stereocenters. The molecule has 0 bridgehead atoms. The van der Waals surface area contributed by atoms with E-state index in [9.17, 15) is 4.79 Å². The molecule has 1 heterocycles. The number of fused-ring (bicyclic) bond motifs is 1. The first kappa shape index (κ1) is 20.2. The first-order chi connectivity index (χ1) is 13.6. The Kier molecular flexibility index (Phi) is 7.31. The van der Waals surface area contributed by atoms with Crippen molar-refractivity contribution in [1.29, 1.82) is 0 Å². The Morgan fingerprint density at radius 1 is 1.11 bits per heavy atom. The zero-order chi connectivity index (χ0) is 19.8. The van der Waals surface area contributed by atoms with E-state index in [1.54, 1.807) is 6.92 Å². The van der Waals surface area contributed by atoms with E-state index in [2.05, 4.69) is 16.0 Å². The number of imidazole rings is 1. The van der Waals surface area contributed by atoms with Gasteiger partial charge in [0, 0.05) is 24.9 Å². The van der Waals surface area contributed by atoms with E-state index >= 15 is 0 Å². The molecule has 0 radical (unpaired) electrons. The highest BCUT2D eigenvalue weighted by atomic mass is 35.5. The molecule has 148 valence electrons. The minimum atomic E-state index is 0.0301. The predicted molar refractivity (Wildman–Crippen MR) is 113 cm³/mol. The van der Waals surface area contributed by atoms with Gasteiger partial charge in [-0.15, -0.1) is 0 Å². The van der Waals surface area contributed by atoms with Gasteiger partial charge in [0.25, 0.3) is 0 Å². The highest BCUT2D eigenvalue weighted by Crippen LogP contribution is 2.19. The summed E-state index contributed by atoms with van der Waals surface area (Å²) in [5, 5.41) is 3.54. The van der Waals surface area contributed by atoms with Crippen molar-refractivity contribution in [3.63, 3.8) is 0 Å². The number of amides is 1. The molecule has 6 heteroatoms. The van der Waals surface area contributed by atoms with Gasteiger partial charge in [0.05, 0.1) is 17.6 Å². The van der Waals surface area contributed by atoms with Crippen molar-refractivity contribution in [2.75, 3.05) is 13.2 Å². The number of nitrogens with one attached hydrogen (secondary N) is 1. The smallest absolute Gasteiger partial charge is 0.216 e. The molecule has 3 rings (SSSR count). The van der Waals surface area contributed by atoms with Crippen molar-refractivity contribution in [3.8, 4) is 5.75 Å². The standard InChI is InChI=1S/C22H26ClN3O2/c1-17(27)24-14-6-2-3-9-22-25-20-7-4-5-8-21(20)26(22)15-16-28-19-12-10-18(23)11-13-19/h4-5,7-8,10-13H,2-3,6,9,14-16H2,1H3,(H,24,27). The van der Waals surface area contributed by atoms with Crippen LogP contribution in [0.25, 0.3) is 11.0 Å². The molecule has 5 nitrogen and oxygen atoms in total. The van der Waals surface area contributed by atoms with E-state index < -0.39 is 0 Å². The summed E-state index contributed by atoms with van der Waals surface area (Å²) in [6.07, 6.45) is 4.00. The van der Waals surface area contributed by atoms with Crippen LogP contribution in [0.5, 0.6) is 5.75 Å². The summed E-state index contributed by atoms with van der Waals surface area (Å²) in [6.45, 7) is 3.59. The van der Waals surface area contributed by atoms with Crippen molar-refractivity contribution in [1.82, 2.24) is 14.9 Å². The van der Waals surface area contributed by atoms with Crippen LogP contribution in [0.2, 0.25) is 5.02 Å². The molecule has 1 aromatic heterocycles. The van der Waals surface area contributed by atoms with Crippen LogP contribution >= 0.6 is 11.6 Å². The normalized spacial score (nSPS) is 10.9. The molecule has 0 aliphatic heterocycles. The van der Waals surface area contributed by atoms with Crippen molar-refractivity contribution in [2.45, 2.75) is 39.2 Å². The van der Waals surface area contributed by atoms with Gasteiger partial charge in [-0.1, -0.05) is 30.2 Å². The van der Waals surface area contributed by atoms with Gasteiger partial charge in [-0.05, 0) is 49.2 Å². The Morgan fingerprint density at radius 2 is 1.89 bits per heavy atom. The summed E-state index contributed by atoms with van der Waals surface area (Å²) >= 11 is 5.92. The van der Waals surface area contributed by atoms with Gasteiger partial charge in [0.15, 0.2) is 0 Å². The maximum Gasteiger partial charge on any atom is 0.216 e. The Morgan fingerprint density at radius 3 is 2.68 bits per heavy atom. The van der Waals surface area contributed by atoms with Crippen LogP contribution in [-0.4, -0.2) is 28.6 Å². The molecule has 28 heavy (non-hydrogen) atoms. The number of rotatable bonds is 10. The Balaban J connectivity index is 1.58. The van der Waals surface area contributed by atoms with Gasteiger partial charge < -0.3 is 14.6 Å². The zero-order valence-electron chi connectivity index (χ0n) is 16.2. The van der Waals surface area contributed by atoms with Crippen molar-refractivity contribution >= 4 is 28.5 Å². The minimum absolute atomic E-state index is 0.0301. The van der Waals surface area contributed by atoms with E-state index in [-0.39, 0.29) is 5.91 Å². The zero-order valence-corrected chi connectivity index (χ0v) is 16.9. The third-order valence-electron chi connectivity index (χ3n) is 4.58. The lowest BCUT2D eigenvalue weighted by atomic mass is 10.2. The van der Waals surface area contributed by atoms with Crippen molar-refractivity contribution in [3.05, 3.63) is 59.4 Å². The summed E-state index contributed by atoms with van der Waals surface area (Å²) < 4.78 is 8.12. The summed E-state index contributed by atoms with van der Waals surface area (Å²) in [5.74, 6) is 1.93. The quantitative estimate of drug-likeness (QED) is 0.506. The number of halogens is 1. The molecule has 3 aromatic rings. The lowest BCUT2D eigenvalue weighted by Crippen LogP contribution is -2.20. The topological polar surface area (TPSA) is 56.2 Å². The molecule has 0 fully saturated rings. The van der Waals surface area contributed by atoms with E-state index in [1.807, 2.05) is 42.5 Å². The summed E-state index contributed by atoms with van der Waals surface area (Å²) in [6, 6.07) is 15.6. The number of hydrogen-bond acceptors (Lipinski definition) is 3. The van der Waals surface area contributed by atoms with Crippen LogP contribution < -0.4 is 10.1 Å². The van der Waals surface area contributed by atoms with E-state index in [0.717, 1.165) is 61.4 Å². The third kappa shape index (κ3) is 5.73. The summed E-state index contributed by atoms with van der Waals surface area (Å²) in [5.41, 5.74) is 2.15. The fourth-order valence-corrected chi connectivity index (χ4v) is 3.33. The molecule has 0 saturated carbocycles. The lowest BCUT2D eigenvalue weighted by molar-refractivity contribution is -0.118. The molecule has 0 spiro atoms. The molecule has 2 aromatic carbocycles. The number of nitrogens with zero attached hydrogens (tertiary/aromatic N) is 2. The van der Waals surface area contributed by atoms with Gasteiger partial charge in [0.2, 0.25) is 5.91 Å². The van der Waals surface area contributed by atoms with Crippen LogP contribution in [-0.2, 0) is 17.8 Å². The lowest BCUT2D eigenvalue weighted by Gasteiger charge is -2.11. The first-order valence-corrected chi connectivity index (χ1v) is 10.1. The van der Waals surface area contributed by atoms with Gasteiger partial charge in [-0.25, -0.2) is 4.98 Å². The number of carbonyl (C=O) groups excluding carboxylic acids is 1.